The van der Waals surface area contributed by atoms with Gasteiger partial charge in [-0.05, 0) is 0 Å². The zero-order chi connectivity index (χ0) is 0. The van der Waals surface area contributed by atoms with Gasteiger partial charge >= 0.3 is 0 Å². The fraction of sp³-hybridized carbons (Fsp3) is 0. The second-order valence-corrected chi connectivity index (χ2v) is 0. The Morgan fingerprint density at radius 2 is 0.250 bits per heavy atom. The monoisotopic (exact) mass is 711 g/mol. The summed E-state index contributed by atoms with van der Waals surface area (Å²) in [7, 11) is 0. The average molecular weight is 698 g/mol. The van der Waals surface area contributed by atoms with E-state index in [1.54, 1.807) is 0 Å². The Labute approximate surface area is 155 Å². The van der Waals surface area contributed by atoms with Crippen molar-refractivity contribution in [1.82, 2.24) is 0 Å². The van der Waals surface area contributed by atoms with Crippen molar-refractivity contribution in [3.8, 4) is 0 Å². The molecule has 0 aromatic carbocycles. The first kappa shape index (κ1) is 74.1. The molecule has 0 N–H and O–H groups in total. The van der Waals surface area contributed by atoms with Crippen LogP contribution in [0.5, 0.6) is 0 Å². The predicted octanol–water partition coefficient (Wildman–Crippen LogP) is -1.15. The third-order valence-corrected chi connectivity index (χ3v) is 0. The van der Waals surface area contributed by atoms with Gasteiger partial charge in [0, 0.05) is 158 Å². The van der Waals surface area contributed by atoms with Gasteiger partial charge in [-0.15, -0.1) is 0 Å². The number of hydrogen-bond donors (Lipinski definition) is 0. The standard InChI is InChI=1S/3Ge.5Mo. The molecule has 0 amide bonds. The van der Waals surface area contributed by atoms with E-state index >= 15 is 0 Å². The molecule has 0 saturated heterocycles. The van der Waals surface area contributed by atoms with Crippen LogP contribution >= 0.6 is 0 Å². The van der Waals surface area contributed by atoms with Crippen LogP contribution in [0.4, 0.5) is 0 Å². The molecule has 0 spiro atoms. The second kappa shape index (κ2) is 57.5. The van der Waals surface area contributed by atoms with Gasteiger partial charge in [-0.1, -0.05) is 0 Å². The van der Waals surface area contributed by atoms with Crippen molar-refractivity contribution < 1.29 is 105 Å². The van der Waals surface area contributed by atoms with Gasteiger partial charge < -0.3 is 0 Å². The quantitative estimate of drug-likeness (QED) is 0.281. The molecule has 8 heteroatoms. The van der Waals surface area contributed by atoms with Crippen LogP contribution in [0.3, 0.4) is 0 Å². The Bertz CT molecular complexity index is 7.64. The van der Waals surface area contributed by atoms with Gasteiger partial charge in [0.1, 0.15) is 0 Å². The molecule has 0 aliphatic rings. The van der Waals surface area contributed by atoms with Crippen molar-refractivity contribution in [2.75, 3.05) is 0 Å². The van der Waals surface area contributed by atoms with E-state index in [0.29, 0.717) is 0 Å². The van der Waals surface area contributed by atoms with Gasteiger partial charge in [0.25, 0.3) is 0 Å². The summed E-state index contributed by atoms with van der Waals surface area (Å²) in [4.78, 5) is 0. The Morgan fingerprint density at radius 3 is 0.250 bits per heavy atom. The van der Waals surface area contributed by atoms with Gasteiger partial charge in [-0.25, -0.2) is 0 Å². The van der Waals surface area contributed by atoms with Crippen molar-refractivity contribution in [3.63, 3.8) is 0 Å². The minimum atomic E-state index is 0. The fourth-order valence-electron chi connectivity index (χ4n) is 0. The average Bonchev–Trinajstić information content (AvgIpc) is 0. The summed E-state index contributed by atoms with van der Waals surface area (Å²) < 4.78 is 0. The molecule has 0 aliphatic carbocycles. The van der Waals surface area contributed by atoms with Crippen molar-refractivity contribution in [3.05, 3.63) is 0 Å². The summed E-state index contributed by atoms with van der Waals surface area (Å²) in [5.41, 5.74) is 0. The Morgan fingerprint density at radius 1 is 0.250 bits per heavy atom. The van der Waals surface area contributed by atoms with E-state index in [1.165, 1.54) is 0 Å². The molecule has 0 nitrogen and oxygen atoms in total. The fourth-order valence-corrected chi connectivity index (χ4v) is 0. The van der Waals surface area contributed by atoms with Crippen molar-refractivity contribution in [2.24, 2.45) is 0 Å². The maximum Gasteiger partial charge on any atom is 0 e. The van der Waals surface area contributed by atoms with Crippen LogP contribution in [0.1, 0.15) is 0 Å². The number of rotatable bonds is 0. The van der Waals surface area contributed by atoms with Crippen LogP contribution in [0.15, 0.2) is 0 Å². The van der Waals surface area contributed by atoms with Crippen molar-refractivity contribution in [1.29, 1.82) is 0 Å². The molecule has 0 heterocycles. The van der Waals surface area contributed by atoms with Crippen LogP contribution in [-0.2, 0) is 105 Å². The SMILES string of the molecule is [Ge].[Ge].[Ge].[Mo].[Mo].[Mo].[Mo].[Mo]. The maximum absolute atomic E-state index is 0. The van der Waals surface area contributed by atoms with Crippen LogP contribution in [-0.4, -0.2) is 52.8 Å². The normalized spacial score (nSPS) is 0. The minimum absolute atomic E-state index is 0. The minimum Gasteiger partial charge on any atom is 0 e. The van der Waals surface area contributed by atoms with Gasteiger partial charge in [0.2, 0.25) is 0 Å². The molecular formula is Ge3Mo5. The molecule has 0 aromatic heterocycles. The van der Waals surface area contributed by atoms with E-state index in [9.17, 15) is 0 Å². The zero-order valence-electron chi connectivity index (χ0n) is 3.54. The van der Waals surface area contributed by atoms with E-state index in [-0.39, 0.29) is 158 Å². The Balaban J connectivity index is 0. The van der Waals surface area contributed by atoms with Crippen LogP contribution in [0.25, 0.3) is 0 Å². The van der Waals surface area contributed by atoms with E-state index < -0.39 is 0 Å². The van der Waals surface area contributed by atoms with Gasteiger partial charge in [0.05, 0.1) is 0 Å². The molecule has 0 unspecified atom stereocenters. The molecule has 12 radical (unpaired) electrons. The van der Waals surface area contributed by atoms with Crippen LogP contribution < -0.4 is 0 Å². The molecule has 0 aliphatic heterocycles. The summed E-state index contributed by atoms with van der Waals surface area (Å²) in [6.45, 7) is 0. The zero-order valence-corrected chi connectivity index (χ0v) is 19.9. The first-order valence-corrected chi connectivity index (χ1v) is 0. The molecule has 42 valence electrons. The maximum atomic E-state index is 0. The Kier molecular flexibility index (Phi) is 533. The molecule has 0 fully saturated rings. The molecule has 0 atom stereocenters. The van der Waals surface area contributed by atoms with E-state index in [0.717, 1.165) is 0 Å². The molecule has 0 saturated carbocycles. The van der Waals surface area contributed by atoms with Crippen molar-refractivity contribution in [2.45, 2.75) is 0 Å². The van der Waals surface area contributed by atoms with Gasteiger partial charge in [-0.2, -0.15) is 0 Å². The van der Waals surface area contributed by atoms with E-state index in [1.807, 2.05) is 0 Å². The third-order valence-electron chi connectivity index (χ3n) is 0. The summed E-state index contributed by atoms with van der Waals surface area (Å²) >= 11 is 0. The first-order valence-electron chi connectivity index (χ1n) is 0. The number of hydrogen-bond acceptors (Lipinski definition) is 0. The third kappa shape index (κ3) is 43.7. The van der Waals surface area contributed by atoms with Crippen molar-refractivity contribution >= 4 is 52.8 Å². The van der Waals surface area contributed by atoms with Gasteiger partial charge in [0.15, 0.2) is 0 Å². The summed E-state index contributed by atoms with van der Waals surface area (Å²) in [5, 5.41) is 0. The summed E-state index contributed by atoms with van der Waals surface area (Å²) in [6, 6.07) is 0. The summed E-state index contributed by atoms with van der Waals surface area (Å²) in [5.74, 6) is 0. The molecule has 0 bridgehead atoms. The second-order valence-electron chi connectivity index (χ2n) is 0. The molecule has 0 rings (SSSR count). The van der Waals surface area contributed by atoms with Crippen LogP contribution in [0, 0.1) is 0 Å². The molecular weight excluding hydrogens is 698 g/mol. The first-order chi connectivity index (χ1) is 0. The summed E-state index contributed by atoms with van der Waals surface area (Å²) in [6.07, 6.45) is 0. The van der Waals surface area contributed by atoms with Gasteiger partial charge in [-0.3, -0.25) is 0 Å². The predicted molar refractivity (Wildman–Crippen MR) is 17.3 cm³/mol. The van der Waals surface area contributed by atoms with Crippen LogP contribution in [0.2, 0.25) is 0 Å². The smallest absolute Gasteiger partial charge is 0 e. The van der Waals surface area contributed by atoms with E-state index in [4.69, 9.17) is 0 Å². The largest absolute Gasteiger partial charge is 0 e. The Hall–Kier alpha value is 5.07. The topological polar surface area (TPSA) is 0 Å². The van der Waals surface area contributed by atoms with E-state index in [2.05, 4.69) is 0 Å². The molecule has 8 heavy (non-hydrogen) atoms. The molecule has 0 aromatic rings.